The molecule has 3 aromatic carbocycles. The van der Waals surface area contributed by atoms with E-state index in [0.717, 1.165) is 0 Å². The summed E-state index contributed by atoms with van der Waals surface area (Å²) in [6.45, 7) is 9.52. The molecule has 0 aromatic heterocycles. The van der Waals surface area contributed by atoms with E-state index in [2.05, 4.69) is 86.9 Å². The summed E-state index contributed by atoms with van der Waals surface area (Å²) in [5.41, 5.74) is 9.14. The monoisotopic (exact) mass is 452 g/mol. The number of hydrogen-bond donors (Lipinski definition) is 0. The molecule has 0 radical (unpaired) electrons. The van der Waals surface area contributed by atoms with Crippen molar-refractivity contribution in [1.29, 1.82) is 0 Å². The average Bonchev–Trinajstić information content (AvgIpc) is 3.40. The smallest absolute Gasteiger partial charge is 0.206 e. The highest BCUT2D eigenvalue weighted by atomic mass is 28.4. The molecule has 2 nitrogen and oxygen atoms in total. The predicted molar refractivity (Wildman–Crippen MR) is 132 cm³/mol. The summed E-state index contributed by atoms with van der Waals surface area (Å²) in [5.74, 6) is 1.97. The van der Waals surface area contributed by atoms with Gasteiger partial charge in [-0.25, -0.2) is 0 Å². The summed E-state index contributed by atoms with van der Waals surface area (Å²) >= 11 is 0. The maximum absolute atomic E-state index is 6.94. The summed E-state index contributed by atoms with van der Waals surface area (Å²) in [7, 11) is -3.67. The van der Waals surface area contributed by atoms with Crippen LogP contribution >= 0.6 is 0 Å². The number of hydrogen-bond acceptors (Lipinski definition) is 2. The van der Waals surface area contributed by atoms with Crippen LogP contribution in [0, 0.1) is 11.8 Å². The Bertz CT molecular complexity index is 1200. The Hall–Kier alpha value is -1.99. The average molecular weight is 453 g/mol. The maximum atomic E-state index is 6.94. The van der Waals surface area contributed by atoms with Crippen LogP contribution in [0.25, 0.3) is 0 Å². The Labute approximate surface area is 191 Å². The molecule has 32 heavy (non-hydrogen) atoms. The molecule has 0 spiro atoms. The van der Waals surface area contributed by atoms with Crippen molar-refractivity contribution >= 4 is 27.0 Å². The Balaban J connectivity index is 1.36. The standard InChI is InChI=1S/C28H28O2Si2/c1-31(2)21-13-19-20(14-22(21)32(3,4)30-31)28-26-24-17-11-7-5-9-15(17)23(25(26)27(19)29-28)16-10-6-8-12-18(16)24/h5-14,23-28H,1-4H3/t23?,24?,25-,26-,27-,28+/m1/s1. The summed E-state index contributed by atoms with van der Waals surface area (Å²) in [6, 6.07) is 23.5. The van der Waals surface area contributed by atoms with E-state index in [9.17, 15) is 0 Å². The molecule has 4 heteroatoms. The van der Waals surface area contributed by atoms with Crippen molar-refractivity contribution in [2.75, 3.05) is 0 Å². The van der Waals surface area contributed by atoms with Crippen LogP contribution in [0.3, 0.4) is 0 Å². The van der Waals surface area contributed by atoms with Gasteiger partial charge in [0, 0.05) is 23.7 Å². The molecule has 1 fully saturated rings. The third kappa shape index (κ3) is 1.96. The van der Waals surface area contributed by atoms with Gasteiger partial charge < -0.3 is 8.85 Å². The van der Waals surface area contributed by atoms with Gasteiger partial charge in [-0.1, -0.05) is 60.7 Å². The summed E-state index contributed by atoms with van der Waals surface area (Å²) in [6.07, 6.45) is 0.435. The van der Waals surface area contributed by atoms with E-state index in [1.807, 2.05) is 0 Å². The van der Waals surface area contributed by atoms with Crippen molar-refractivity contribution in [3.63, 3.8) is 0 Å². The fraction of sp³-hybridized carbons (Fsp3) is 0.357. The van der Waals surface area contributed by atoms with Crippen LogP contribution in [0.5, 0.6) is 0 Å². The second-order valence-corrected chi connectivity index (χ2v) is 19.4. The highest BCUT2D eigenvalue weighted by molar-refractivity contribution is 7.05. The van der Waals surface area contributed by atoms with E-state index in [1.54, 1.807) is 32.6 Å². The minimum absolute atomic E-state index is 0.217. The van der Waals surface area contributed by atoms with Gasteiger partial charge in [-0.2, -0.15) is 0 Å². The lowest BCUT2D eigenvalue weighted by Gasteiger charge is -2.51. The molecule has 4 bridgehead atoms. The summed E-state index contributed by atoms with van der Waals surface area (Å²) in [5, 5.41) is 3.09. The molecule has 0 amide bonds. The van der Waals surface area contributed by atoms with Crippen LogP contribution in [0.1, 0.15) is 57.4 Å². The first-order valence-corrected chi connectivity index (χ1v) is 17.9. The van der Waals surface area contributed by atoms with Crippen LogP contribution in [0.15, 0.2) is 60.7 Å². The molecule has 4 atom stereocenters. The molecule has 160 valence electrons. The highest BCUT2D eigenvalue weighted by Gasteiger charge is 2.64. The fourth-order valence-electron chi connectivity index (χ4n) is 8.29. The molecule has 3 heterocycles. The number of rotatable bonds is 0. The van der Waals surface area contributed by atoms with Gasteiger partial charge in [-0.15, -0.1) is 0 Å². The first-order chi connectivity index (χ1) is 15.4. The van der Waals surface area contributed by atoms with Crippen LogP contribution in [-0.2, 0) is 8.85 Å². The van der Waals surface area contributed by atoms with E-state index in [4.69, 9.17) is 8.85 Å². The zero-order valence-electron chi connectivity index (χ0n) is 19.1. The van der Waals surface area contributed by atoms with Gasteiger partial charge in [0.1, 0.15) is 0 Å². The normalized spacial score (nSPS) is 35.1. The molecule has 3 aromatic rings. The highest BCUT2D eigenvalue weighted by Crippen LogP contribution is 2.71. The van der Waals surface area contributed by atoms with Crippen LogP contribution in [0.2, 0.25) is 26.2 Å². The van der Waals surface area contributed by atoms with E-state index < -0.39 is 16.6 Å². The summed E-state index contributed by atoms with van der Waals surface area (Å²) < 4.78 is 13.7. The van der Waals surface area contributed by atoms with Crippen LogP contribution in [0.4, 0.5) is 0 Å². The van der Waals surface area contributed by atoms with Crippen molar-refractivity contribution in [1.82, 2.24) is 0 Å². The fourth-order valence-corrected chi connectivity index (χ4v) is 18.5. The maximum Gasteiger partial charge on any atom is 0.206 e. The molecular weight excluding hydrogens is 424 g/mol. The largest absolute Gasteiger partial charge is 0.449 e. The molecule has 0 unspecified atom stereocenters. The second-order valence-electron chi connectivity index (χ2n) is 11.5. The molecular formula is C28H28O2Si2. The van der Waals surface area contributed by atoms with E-state index in [0.29, 0.717) is 23.7 Å². The molecule has 1 saturated heterocycles. The number of fused-ring (bicyclic) bond motifs is 6. The first-order valence-electron chi connectivity index (χ1n) is 12.1. The lowest BCUT2D eigenvalue weighted by atomic mass is 9.50. The van der Waals surface area contributed by atoms with Gasteiger partial charge in [0.2, 0.25) is 16.6 Å². The predicted octanol–water partition coefficient (Wildman–Crippen LogP) is 5.19. The third-order valence-electron chi connectivity index (χ3n) is 9.18. The lowest BCUT2D eigenvalue weighted by molar-refractivity contribution is 0.0533. The SMILES string of the molecule is C[Si]1(C)O[Si](C)(C)c2cc3c(cc21)[C@H]1O[C@@H]3[C@@H]2C3c4ccccc4C(c4ccccc43)[C@H]21. The quantitative estimate of drug-likeness (QED) is 0.437. The molecule has 0 N–H and O–H groups in total. The minimum atomic E-state index is -1.84. The van der Waals surface area contributed by atoms with Crippen molar-refractivity contribution in [3.05, 3.63) is 94.0 Å². The van der Waals surface area contributed by atoms with Gasteiger partial charge in [-0.05, 0) is 69.9 Å². The first kappa shape index (κ1) is 18.4. The second kappa shape index (κ2) is 5.56. The van der Waals surface area contributed by atoms with E-state index in [-0.39, 0.29) is 12.2 Å². The third-order valence-corrected chi connectivity index (χ3v) is 16.9. The topological polar surface area (TPSA) is 18.5 Å². The summed E-state index contributed by atoms with van der Waals surface area (Å²) in [4.78, 5) is 0. The van der Waals surface area contributed by atoms with Crippen molar-refractivity contribution in [2.45, 2.75) is 50.2 Å². The van der Waals surface area contributed by atoms with Gasteiger partial charge in [0.05, 0.1) is 12.2 Å². The van der Waals surface area contributed by atoms with Gasteiger partial charge >= 0.3 is 0 Å². The van der Waals surface area contributed by atoms with Gasteiger partial charge in [0.25, 0.3) is 0 Å². The molecule has 0 saturated carbocycles. The van der Waals surface area contributed by atoms with Crippen molar-refractivity contribution in [2.24, 2.45) is 11.8 Å². The number of ether oxygens (including phenoxy) is 1. The zero-order valence-corrected chi connectivity index (χ0v) is 21.1. The van der Waals surface area contributed by atoms with Gasteiger partial charge in [0.15, 0.2) is 0 Å². The van der Waals surface area contributed by atoms with Crippen molar-refractivity contribution < 1.29 is 8.85 Å². The van der Waals surface area contributed by atoms with Gasteiger partial charge in [-0.3, -0.25) is 0 Å². The Kier molecular flexibility index (Phi) is 3.20. The van der Waals surface area contributed by atoms with Crippen LogP contribution in [-0.4, -0.2) is 16.6 Å². The van der Waals surface area contributed by atoms with E-state index in [1.165, 1.54) is 11.1 Å². The minimum Gasteiger partial charge on any atom is -0.449 e. The molecule has 6 aliphatic rings. The van der Waals surface area contributed by atoms with Crippen LogP contribution < -0.4 is 10.4 Å². The molecule has 9 rings (SSSR count). The Morgan fingerprint density at radius 2 is 0.938 bits per heavy atom. The Morgan fingerprint density at radius 1 is 0.562 bits per heavy atom. The Morgan fingerprint density at radius 3 is 1.31 bits per heavy atom. The zero-order chi connectivity index (χ0) is 21.6. The molecule has 3 aliphatic heterocycles. The lowest BCUT2D eigenvalue weighted by Crippen LogP contribution is -2.47. The number of benzene rings is 3. The molecule has 3 aliphatic carbocycles. The van der Waals surface area contributed by atoms with Crippen molar-refractivity contribution in [3.8, 4) is 0 Å². The van der Waals surface area contributed by atoms with E-state index >= 15 is 0 Å².